The Morgan fingerprint density at radius 1 is 1.18 bits per heavy atom. The van der Waals surface area contributed by atoms with E-state index in [2.05, 4.69) is 10.1 Å². The van der Waals surface area contributed by atoms with Crippen molar-refractivity contribution in [1.82, 2.24) is 5.32 Å². The van der Waals surface area contributed by atoms with Gasteiger partial charge >= 0.3 is 12.1 Å². The van der Waals surface area contributed by atoms with Crippen LogP contribution in [0.5, 0.6) is 0 Å². The maximum Gasteiger partial charge on any atom is 0.408 e. The lowest BCUT2D eigenvalue weighted by Gasteiger charge is -2.42. The maximum atomic E-state index is 12.0. The predicted molar refractivity (Wildman–Crippen MR) is 79.6 cm³/mol. The quantitative estimate of drug-likeness (QED) is 0.867. The first-order valence-corrected chi connectivity index (χ1v) is 7.03. The summed E-state index contributed by atoms with van der Waals surface area (Å²) in [7, 11) is 1.33. The Balaban J connectivity index is 2.13. The molecule has 0 aliphatic carbocycles. The number of hydrogen-bond acceptors (Lipinski definition) is 5. The summed E-state index contributed by atoms with van der Waals surface area (Å²) in [4.78, 5) is 23.5. The molecule has 6 heteroatoms. The van der Waals surface area contributed by atoms with Gasteiger partial charge in [-0.15, -0.1) is 0 Å². The van der Waals surface area contributed by atoms with Crippen molar-refractivity contribution in [3.05, 3.63) is 35.4 Å². The summed E-state index contributed by atoms with van der Waals surface area (Å²) in [5.41, 5.74) is 0.137. The molecule has 1 amide bonds. The van der Waals surface area contributed by atoms with Crippen LogP contribution in [0.3, 0.4) is 0 Å². The lowest BCUT2D eigenvalue weighted by atomic mass is 9.87. The third-order valence-electron chi connectivity index (χ3n) is 3.30. The lowest BCUT2D eigenvalue weighted by Crippen LogP contribution is -2.60. The van der Waals surface area contributed by atoms with Gasteiger partial charge in [-0.2, -0.15) is 0 Å². The minimum absolute atomic E-state index is 0.365. The first kappa shape index (κ1) is 16.3. The van der Waals surface area contributed by atoms with E-state index in [0.717, 1.165) is 5.56 Å². The molecule has 1 aliphatic heterocycles. The molecule has 1 aromatic rings. The lowest BCUT2D eigenvalue weighted by molar-refractivity contribution is -0.0797. The van der Waals surface area contributed by atoms with Gasteiger partial charge in [0.05, 0.1) is 25.9 Å². The third kappa shape index (κ3) is 3.57. The molecule has 6 nitrogen and oxygen atoms in total. The van der Waals surface area contributed by atoms with E-state index >= 15 is 0 Å². The van der Waals surface area contributed by atoms with Crippen molar-refractivity contribution in [2.24, 2.45) is 0 Å². The van der Waals surface area contributed by atoms with E-state index in [-0.39, 0.29) is 0 Å². The largest absolute Gasteiger partial charge is 0.465 e. The zero-order valence-electron chi connectivity index (χ0n) is 13.3. The number of amides is 1. The van der Waals surface area contributed by atoms with Crippen LogP contribution in [-0.4, -0.2) is 38.0 Å². The van der Waals surface area contributed by atoms with Crippen LogP contribution in [0.25, 0.3) is 0 Å². The molecule has 1 fully saturated rings. The number of ether oxygens (including phenoxy) is 3. The molecule has 0 radical (unpaired) electrons. The smallest absolute Gasteiger partial charge is 0.408 e. The Kier molecular flexibility index (Phi) is 4.42. The summed E-state index contributed by atoms with van der Waals surface area (Å²) < 4.78 is 15.2. The second-order valence-electron chi connectivity index (χ2n) is 6.27. The second-order valence-corrected chi connectivity index (χ2v) is 6.27. The fourth-order valence-corrected chi connectivity index (χ4v) is 2.16. The van der Waals surface area contributed by atoms with Gasteiger partial charge in [-0.3, -0.25) is 0 Å². The topological polar surface area (TPSA) is 73.9 Å². The number of carbonyl (C=O) groups excluding carboxylic acids is 2. The molecule has 1 N–H and O–H groups in total. The van der Waals surface area contributed by atoms with Crippen LogP contribution in [0.2, 0.25) is 0 Å². The van der Waals surface area contributed by atoms with Crippen molar-refractivity contribution in [2.45, 2.75) is 31.9 Å². The number of esters is 1. The van der Waals surface area contributed by atoms with E-state index in [9.17, 15) is 9.59 Å². The summed E-state index contributed by atoms with van der Waals surface area (Å²) in [5.74, 6) is -0.398. The average molecular weight is 307 g/mol. The first-order chi connectivity index (χ1) is 10.3. The van der Waals surface area contributed by atoms with Gasteiger partial charge in [0.2, 0.25) is 0 Å². The Morgan fingerprint density at radius 2 is 1.77 bits per heavy atom. The molecular formula is C16H21NO5. The van der Waals surface area contributed by atoms with E-state index in [1.165, 1.54) is 7.11 Å². The van der Waals surface area contributed by atoms with Gasteiger partial charge in [-0.25, -0.2) is 9.59 Å². The number of alkyl carbamates (subject to hydrolysis) is 1. The highest BCUT2D eigenvalue weighted by Crippen LogP contribution is 2.30. The van der Waals surface area contributed by atoms with Gasteiger partial charge in [-0.1, -0.05) is 12.1 Å². The molecule has 120 valence electrons. The van der Waals surface area contributed by atoms with Gasteiger partial charge < -0.3 is 19.5 Å². The second kappa shape index (κ2) is 5.96. The minimum Gasteiger partial charge on any atom is -0.465 e. The van der Waals surface area contributed by atoms with Crippen molar-refractivity contribution in [3.8, 4) is 0 Å². The van der Waals surface area contributed by atoms with Gasteiger partial charge in [0.25, 0.3) is 0 Å². The zero-order valence-corrected chi connectivity index (χ0v) is 13.3. The summed E-state index contributed by atoms with van der Waals surface area (Å²) in [6, 6.07) is 6.90. The van der Waals surface area contributed by atoms with Gasteiger partial charge in [0.15, 0.2) is 0 Å². The van der Waals surface area contributed by atoms with Crippen molar-refractivity contribution >= 4 is 12.1 Å². The van der Waals surface area contributed by atoms with E-state index < -0.39 is 23.2 Å². The fraction of sp³-hybridized carbons (Fsp3) is 0.500. The monoisotopic (exact) mass is 307 g/mol. The van der Waals surface area contributed by atoms with Crippen LogP contribution < -0.4 is 5.32 Å². The summed E-state index contributed by atoms with van der Waals surface area (Å²) in [6.45, 7) is 6.15. The minimum atomic E-state index is -0.614. The van der Waals surface area contributed by atoms with E-state index in [1.54, 1.807) is 24.3 Å². The van der Waals surface area contributed by atoms with Crippen molar-refractivity contribution in [1.29, 1.82) is 0 Å². The summed E-state index contributed by atoms with van der Waals surface area (Å²) >= 11 is 0. The highest BCUT2D eigenvalue weighted by atomic mass is 16.6. The third-order valence-corrected chi connectivity index (χ3v) is 3.30. The molecule has 0 unspecified atom stereocenters. The van der Waals surface area contributed by atoms with Gasteiger partial charge in [-0.05, 0) is 38.5 Å². The van der Waals surface area contributed by atoms with E-state index in [4.69, 9.17) is 9.47 Å². The molecule has 22 heavy (non-hydrogen) atoms. The molecule has 1 saturated heterocycles. The molecule has 0 aromatic heterocycles. The molecular weight excluding hydrogens is 286 g/mol. The summed E-state index contributed by atoms with van der Waals surface area (Å²) in [6.07, 6.45) is -0.493. The molecule has 0 spiro atoms. The number of carbonyl (C=O) groups is 2. The molecule has 1 aliphatic rings. The molecule has 0 bridgehead atoms. The average Bonchev–Trinajstić information content (AvgIpc) is 2.40. The zero-order chi connectivity index (χ0) is 16.4. The first-order valence-electron chi connectivity index (χ1n) is 7.03. The molecule has 2 rings (SSSR count). The van der Waals surface area contributed by atoms with Crippen LogP contribution in [0.4, 0.5) is 4.79 Å². The van der Waals surface area contributed by atoms with Crippen LogP contribution in [0.15, 0.2) is 24.3 Å². The molecule has 0 atom stereocenters. The number of nitrogens with one attached hydrogen (secondary N) is 1. The van der Waals surface area contributed by atoms with Crippen LogP contribution in [0, 0.1) is 0 Å². The number of hydrogen-bond donors (Lipinski definition) is 1. The van der Waals surface area contributed by atoms with E-state index in [1.807, 2.05) is 20.8 Å². The predicted octanol–water partition coefficient (Wildman–Crippen LogP) is 2.22. The Labute approximate surface area is 129 Å². The van der Waals surface area contributed by atoms with E-state index in [0.29, 0.717) is 18.8 Å². The SMILES string of the molecule is COC(=O)c1ccc(C2(NC(=O)OC(C)(C)C)COC2)cc1. The van der Waals surface area contributed by atoms with Crippen molar-refractivity contribution in [2.75, 3.05) is 20.3 Å². The fourth-order valence-electron chi connectivity index (χ4n) is 2.16. The summed E-state index contributed by atoms with van der Waals surface area (Å²) in [5, 5.41) is 2.86. The highest BCUT2D eigenvalue weighted by Gasteiger charge is 2.42. The number of rotatable bonds is 3. The maximum absolute atomic E-state index is 12.0. The number of benzene rings is 1. The Bertz CT molecular complexity index is 555. The van der Waals surface area contributed by atoms with Crippen molar-refractivity contribution in [3.63, 3.8) is 0 Å². The van der Waals surface area contributed by atoms with Gasteiger partial charge in [0, 0.05) is 0 Å². The Hall–Kier alpha value is -2.08. The van der Waals surface area contributed by atoms with Crippen LogP contribution in [0.1, 0.15) is 36.7 Å². The Morgan fingerprint density at radius 3 is 2.18 bits per heavy atom. The molecule has 1 heterocycles. The van der Waals surface area contributed by atoms with Crippen LogP contribution >= 0.6 is 0 Å². The normalized spacial score (nSPS) is 16.4. The number of methoxy groups -OCH3 is 1. The molecule has 0 saturated carbocycles. The highest BCUT2D eigenvalue weighted by molar-refractivity contribution is 5.89. The molecule has 1 aromatic carbocycles. The van der Waals surface area contributed by atoms with Crippen LogP contribution in [-0.2, 0) is 19.7 Å². The van der Waals surface area contributed by atoms with Crippen molar-refractivity contribution < 1.29 is 23.8 Å². The van der Waals surface area contributed by atoms with Gasteiger partial charge in [0.1, 0.15) is 11.1 Å². The standard InChI is InChI=1S/C16H21NO5/c1-15(2,3)22-14(19)17-16(9-21-10-16)12-7-5-11(6-8-12)13(18)20-4/h5-8H,9-10H2,1-4H3,(H,17,19).